The number of benzene rings is 2. The van der Waals surface area contributed by atoms with Crippen LogP contribution in [0.3, 0.4) is 0 Å². The van der Waals surface area contributed by atoms with E-state index in [0.717, 1.165) is 22.9 Å². The fourth-order valence-electron chi connectivity index (χ4n) is 3.49. The number of likely N-dealkylation sites (N-methyl/N-ethyl adjacent to an activating group) is 1. The fourth-order valence-corrected chi connectivity index (χ4v) is 4.64. The summed E-state index contributed by atoms with van der Waals surface area (Å²) in [5.41, 5.74) is 3.36. The van der Waals surface area contributed by atoms with Crippen LogP contribution >= 0.6 is 11.6 Å². The van der Waals surface area contributed by atoms with Gasteiger partial charge in [0.15, 0.2) is 0 Å². The molecular formula is C24H32ClN3O4S. The van der Waals surface area contributed by atoms with E-state index in [1.54, 1.807) is 25.1 Å². The van der Waals surface area contributed by atoms with Crippen LogP contribution in [0.4, 0.5) is 5.69 Å². The summed E-state index contributed by atoms with van der Waals surface area (Å²) in [6, 6.07) is 11.9. The first-order chi connectivity index (χ1) is 15.5. The first kappa shape index (κ1) is 26.7. The lowest BCUT2D eigenvalue weighted by Crippen LogP contribution is -2.46. The minimum Gasteiger partial charge on any atom is -0.357 e. The standard InChI is InChI=1S/C24H32ClN3O4S/c1-17-12-13-21(15-18(17)2)28(33(5,31)32)14-8-11-23(29)27(19(3)24(30)26-4)16-20-9-6-7-10-22(20)25/h6-7,9-10,12-13,15,19H,8,11,14,16H2,1-5H3,(H,26,30). The minimum absolute atomic E-state index is 0.0860. The summed E-state index contributed by atoms with van der Waals surface area (Å²) in [5.74, 6) is -0.539. The van der Waals surface area contributed by atoms with Crippen LogP contribution in [-0.4, -0.2) is 51.0 Å². The van der Waals surface area contributed by atoms with Gasteiger partial charge in [0.1, 0.15) is 6.04 Å². The molecule has 0 bridgehead atoms. The highest BCUT2D eigenvalue weighted by Gasteiger charge is 2.26. The van der Waals surface area contributed by atoms with Crippen molar-refractivity contribution in [3.05, 3.63) is 64.2 Å². The lowest BCUT2D eigenvalue weighted by atomic mass is 10.1. The van der Waals surface area contributed by atoms with Gasteiger partial charge in [-0.25, -0.2) is 8.42 Å². The van der Waals surface area contributed by atoms with Crippen LogP contribution in [0, 0.1) is 13.8 Å². The Morgan fingerprint density at radius 2 is 1.76 bits per heavy atom. The van der Waals surface area contributed by atoms with Gasteiger partial charge in [0.2, 0.25) is 21.8 Å². The molecule has 1 N–H and O–H groups in total. The number of carbonyl (C=O) groups excluding carboxylic acids is 2. The van der Waals surface area contributed by atoms with Gasteiger partial charge in [-0.2, -0.15) is 0 Å². The molecule has 0 heterocycles. The monoisotopic (exact) mass is 493 g/mol. The lowest BCUT2D eigenvalue weighted by Gasteiger charge is -2.29. The molecule has 0 saturated heterocycles. The Bertz CT molecular complexity index is 1100. The zero-order valence-electron chi connectivity index (χ0n) is 19.8. The molecule has 180 valence electrons. The molecule has 2 rings (SSSR count). The molecule has 0 spiro atoms. The molecule has 0 aromatic heterocycles. The zero-order chi connectivity index (χ0) is 24.8. The van der Waals surface area contributed by atoms with Gasteiger partial charge in [-0.3, -0.25) is 13.9 Å². The molecule has 0 saturated carbocycles. The number of amides is 2. The summed E-state index contributed by atoms with van der Waals surface area (Å²) < 4.78 is 26.1. The van der Waals surface area contributed by atoms with E-state index in [1.807, 2.05) is 38.1 Å². The van der Waals surface area contributed by atoms with Crippen molar-refractivity contribution in [3.8, 4) is 0 Å². The van der Waals surface area contributed by atoms with Crippen molar-refractivity contribution in [3.63, 3.8) is 0 Å². The van der Waals surface area contributed by atoms with Crippen LogP contribution in [0.1, 0.15) is 36.5 Å². The first-order valence-corrected chi connectivity index (χ1v) is 13.0. The molecule has 1 atom stereocenters. The van der Waals surface area contributed by atoms with Crippen molar-refractivity contribution >= 4 is 39.1 Å². The molecule has 0 aliphatic carbocycles. The number of rotatable bonds is 10. The second-order valence-electron chi connectivity index (χ2n) is 8.11. The number of halogens is 1. The van der Waals surface area contributed by atoms with Crippen LogP contribution in [0.5, 0.6) is 0 Å². The highest BCUT2D eigenvalue weighted by atomic mass is 35.5. The summed E-state index contributed by atoms with van der Waals surface area (Å²) >= 11 is 6.27. The summed E-state index contributed by atoms with van der Waals surface area (Å²) in [6.45, 7) is 5.88. The number of aryl methyl sites for hydroxylation is 2. The number of hydrogen-bond acceptors (Lipinski definition) is 4. The van der Waals surface area contributed by atoms with Crippen molar-refractivity contribution in [2.75, 3.05) is 24.2 Å². The van der Waals surface area contributed by atoms with E-state index in [4.69, 9.17) is 11.6 Å². The van der Waals surface area contributed by atoms with Crippen molar-refractivity contribution in [1.82, 2.24) is 10.2 Å². The number of anilines is 1. The van der Waals surface area contributed by atoms with Crippen molar-refractivity contribution in [1.29, 1.82) is 0 Å². The molecule has 0 aliphatic rings. The Hall–Kier alpha value is -2.58. The average Bonchev–Trinajstić information content (AvgIpc) is 2.76. The number of nitrogens with zero attached hydrogens (tertiary/aromatic N) is 2. The molecule has 1 unspecified atom stereocenters. The third-order valence-electron chi connectivity index (χ3n) is 5.64. The molecule has 9 heteroatoms. The van der Waals surface area contributed by atoms with E-state index in [1.165, 1.54) is 16.3 Å². The van der Waals surface area contributed by atoms with Crippen molar-refractivity contribution in [2.24, 2.45) is 0 Å². The lowest BCUT2D eigenvalue weighted by molar-refractivity contribution is -0.140. The number of hydrogen-bond donors (Lipinski definition) is 1. The smallest absolute Gasteiger partial charge is 0.242 e. The van der Waals surface area contributed by atoms with Gasteiger partial charge in [0.05, 0.1) is 11.9 Å². The van der Waals surface area contributed by atoms with Gasteiger partial charge >= 0.3 is 0 Å². The molecule has 7 nitrogen and oxygen atoms in total. The Kier molecular flexibility index (Phi) is 9.31. The normalized spacial score (nSPS) is 12.2. The molecule has 2 amide bonds. The molecule has 2 aromatic rings. The number of sulfonamides is 1. The second kappa shape index (κ2) is 11.5. The summed E-state index contributed by atoms with van der Waals surface area (Å²) in [7, 11) is -2.01. The first-order valence-electron chi connectivity index (χ1n) is 10.7. The van der Waals surface area contributed by atoms with Gasteiger partial charge in [-0.05, 0) is 62.1 Å². The zero-order valence-corrected chi connectivity index (χ0v) is 21.3. The molecule has 2 aromatic carbocycles. The number of carbonyl (C=O) groups is 2. The van der Waals surface area contributed by atoms with Gasteiger partial charge in [0, 0.05) is 31.6 Å². The van der Waals surface area contributed by atoms with E-state index >= 15 is 0 Å². The van der Waals surface area contributed by atoms with Gasteiger partial charge < -0.3 is 10.2 Å². The van der Waals surface area contributed by atoms with Crippen molar-refractivity contribution in [2.45, 2.75) is 46.2 Å². The van der Waals surface area contributed by atoms with Crippen LogP contribution in [0.2, 0.25) is 5.02 Å². The molecule has 0 aliphatic heterocycles. The largest absolute Gasteiger partial charge is 0.357 e. The Labute approximate surface area is 201 Å². The Balaban J connectivity index is 2.17. The van der Waals surface area contributed by atoms with Crippen LogP contribution < -0.4 is 9.62 Å². The third-order valence-corrected chi connectivity index (χ3v) is 7.21. The summed E-state index contributed by atoms with van der Waals surface area (Å²) in [5, 5.41) is 3.08. The third kappa shape index (κ3) is 7.20. The molecule has 33 heavy (non-hydrogen) atoms. The highest BCUT2D eigenvalue weighted by molar-refractivity contribution is 7.92. The summed E-state index contributed by atoms with van der Waals surface area (Å²) in [6.07, 6.45) is 1.54. The van der Waals surface area contributed by atoms with E-state index < -0.39 is 16.1 Å². The molecule has 0 fully saturated rings. The van der Waals surface area contributed by atoms with E-state index in [0.29, 0.717) is 17.1 Å². The van der Waals surface area contributed by atoms with Crippen molar-refractivity contribution < 1.29 is 18.0 Å². The van der Waals surface area contributed by atoms with Crippen LogP contribution in [-0.2, 0) is 26.2 Å². The van der Waals surface area contributed by atoms with E-state index in [9.17, 15) is 18.0 Å². The van der Waals surface area contributed by atoms with E-state index in [-0.39, 0.29) is 31.3 Å². The van der Waals surface area contributed by atoms with Gasteiger partial charge in [0.25, 0.3) is 0 Å². The summed E-state index contributed by atoms with van der Waals surface area (Å²) in [4.78, 5) is 26.9. The predicted molar refractivity (Wildman–Crippen MR) is 133 cm³/mol. The van der Waals surface area contributed by atoms with Gasteiger partial charge in [-0.1, -0.05) is 35.9 Å². The van der Waals surface area contributed by atoms with Gasteiger partial charge in [-0.15, -0.1) is 0 Å². The average molecular weight is 494 g/mol. The molecule has 0 radical (unpaired) electrons. The maximum absolute atomic E-state index is 13.1. The number of nitrogens with one attached hydrogen (secondary N) is 1. The Morgan fingerprint density at radius 1 is 1.09 bits per heavy atom. The van der Waals surface area contributed by atoms with E-state index in [2.05, 4.69) is 5.32 Å². The quantitative estimate of drug-likeness (QED) is 0.547. The fraction of sp³-hybridized carbons (Fsp3) is 0.417. The Morgan fingerprint density at radius 3 is 2.33 bits per heavy atom. The maximum Gasteiger partial charge on any atom is 0.242 e. The SMILES string of the molecule is CNC(=O)C(C)N(Cc1ccccc1Cl)C(=O)CCCN(c1ccc(C)c(C)c1)S(C)(=O)=O. The molecular weight excluding hydrogens is 462 g/mol. The second-order valence-corrected chi connectivity index (χ2v) is 10.4. The predicted octanol–water partition coefficient (Wildman–Crippen LogP) is 3.67. The highest BCUT2D eigenvalue weighted by Crippen LogP contribution is 2.23. The topological polar surface area (TPSA) is 86.8 Å². The van der Waals surface area contributed by atoms with Crippen LogP contribution in [0.15, 0.2) is 42.5 Å². The van der Waals surface area contributed by atoms with Crippen LogP contribution in [0.25, 0.3) is 0 Å². The maximum atomic E-state index is 13.1. The minimum atomic E-state index is -3.53.